The normalized spacial score (nSPS) is 11.0. The van der Waals surface area contributed by atoms with Crippen LogP contribution in [-0.4, -0.2) is 32.6 Å². The van der Waals surface area contributed by atoms with Crippen molar-refractivity contribution in [3.8, 4) is 11.5 Å². The second-order valence-electron chi connectivity index (χ2n) is 6.94. The van der Waals surface area contributed by atoms with Crippen molar-refractivity contribution in [3.05, 3.63) is 89.5 Å². The van der Waals surface area contributed by atoms with E-state index in [-0.39, 0.29) is 11.6 Å². The van der Waals surface area contributed by atoms with Crippen molar-refractivity contribution in [2.75, 3.05) is 20.8 Å². The first kappa shape index (κ1) is 22.7. The van der Waals surface area contributed by atoms with E-state index in [9.17, 15) is 9.59 Å². The molecule has 0 saturated heterocycles. The largest absolute Gasteiger partial charge is 0.493 e. The summed E-state index contributed by atoms with van der Waals surface area (Å²) in [4.78, 5) is 25.3. The summed E-state index contributed by atoms with van der Waals surface area (Å²) in [6.07, 6.45) is 4.46. The Bertz CT molecular complexity index is 1060. The summed E-state index contributed by atoms with van der Waals surface area (Å²) in [5.41, 5.74) is 1.64. The van der Waals surface area contributed by atoms with Crippen LogP contribution in [0.5, 0.6) is 11.5 Å². The molecule has 0 unspecified atom stereocenters. The molecule has 2 aromatic carbocycles. The van der Waals surface area contributed by atoms with Crippen LogP contribution in [0.4, 0.5) is 0 Å². The molecule has 1 aromatic heterocycles. The average molecular weight is 434 g/mol. The number of hydrogen-bond acceptors (Lipinski definition) is 5. The molecule has 0 atom stereocenters. The molecule has 7 heteroatoms. The Morgan fingerprint density at radius 3 is 2.44 bits per heavy atom. The van der Waals surface area contributed by atoms with Gasteiger partial charge in [0.25, 0.3) is 11.8 Å². The maximum absolute atomic E-state index is 12.8. The number of amides is 2. The highest BCUT2D eigenvalue weighted by molar-refractivity contribution is 6.05. The molecule has 166 valence electrons. The molecule has 2 amide bonds. The van der Waals surface area contributed by atoms with E-state index in [2.05, 4.69) is 10.6 Å². The first-order chi connectivity index (χ1) is 15.6. The van der Waals surface area contributed by atoms with Crippen molar-refractivity contribution in [1.29, 1.82) is 0 Å². The molecule has 0 spiro atoms. The van der Waals surface area contributed by atoms with E-state index in [0.717, 1.165) is 12.0 Å². The smallest absolute Gasteiger partial charge is 0.267 e. The van der Waals surface area contributed by atoms with Crippen molar-refractivity contribution in [3.63, 3.8) is 0 Å². The second-order valence-corrected chi connectivity index (χ2v) is 6.94. The summed E-state index contributed by atoms with van der Waals surface area (Å²) in [7, 11) is 3.19. The number of carbonyl (C=O) groups is 2. The van der Waals surface area contributed by atoms with E-state index in [4.69, 9.17) is 13.9 Å². The van der Waals surface area contributed by atoms with Crippen molar-refractivity contribution in [2.45, 2.75) is 12.8 Å². The van der Waals surface area contributed by atoms with E-state index < -0.39 is 5.91 Å². The molecule has 0 aliphatic carbocycles. The van der Waals surface area contributed by atoms with Gasteiger partial charge in [0.2, 0.25) is 0 Å². The first-order valence-corrected chi connectivity index (χ1v) is 10.2. The molecule has 0 radical (unpaired) electrons. The van der Waals surface area contributed by atoms with Gasteiger partial charge in [0.05, 0.1) is 20.5 Å². The number of hydrogen-bond donors (Lipinski definition) is 2. The van der Waals surface area contributed by atoms with Gasteiger partial charge in [-0.1, -0.05) is 24.3 Å². The van der Waals surface area contributed by atoms with Gasteiger partial charge in [-0.2, -0.15) is 0 Å². The third-order valence-electron chi connectivity index (χ3n) is 4.73. The number of methoxy groups -OCH3 is 2. The summed E-state index contributed by atoms with van der Waals surface area (Å²) < 4.78 is 15.9. The van der Waals surface area contributed by atoms with Gasteiger partial charge in [0.1, 0.15) is 11.5 Å². The lowest BCUT2D eigenvalue weighted by atomic mass is 10.1. The molecule has 0 aliphatic rings. The van der Waals surface area contributed by atoms with Gasteiger partial charge in [0.15, 0.2) is 11.5 Å². The lowest BCUT2D eigenvalue weighted by Gasteiger charge is -2.12. The van der Waals surface area contributed by atoms with Crippen LogP contribution >= 0.6 is 0 Å². The van der Waals surface area contributed by atoms with Crippen LogP contribution in [0.1, 0.15) is 28.1 Å². The van der Waals surface area contributed by atoms with Gasteiger partial charge in [-0.15, -0.1) is 0 Å². The number of benzene rings is 2. The van der Waals surface area contributed by atoms with E-state index in [1.54, 1.807) is 50.6 Å². The first-order valence-electron chi connectivity index (χ1n) is 10.2. The molecule has 7 nitrogen and oxygen atoms in total. The zero-order chi connectivity index (χ0) is 22.8. The number of nitrogens with one attached hydrogen (secondary N) is 2. The topological polar surface area (TPSA) is 89.8 Å². The monoisotopic (exact) mass is 434 g/mol. The third kappa shape index (κ3) is 6.25. The highest BCUT2D eigenvalue weighted by atomic mass is 16.5. The summed E-state index contributed by atoms with van der Waals surface area (Å²) >= 11 is 0. The summed E-state index contributed by atoms with van der Waals surface area (Å²) in [6, 6.07) is 17.9. The fourth-order valence-electron chi connectivity index (χ4n) is 3.08. The number of aryl methyl sites for hydroxylation is 1. The molecule has 0 fully saturated rings. The maximum Gasteiger partial charge on any atom is 0.267 e. The Hall–Kier alpha value is -4.00. The standard InChI is InChI=1S/C25H26N2O5/c1-30-22-13-12-18(16-23(22)31-2)8-6-14-26-25(29)21(17-20-11-7-15-32-20)27-24(28)19-9-4-3-5-10-19/h3-5,7,9-13,15-17H,6,8,14H2,1-2H3,(H,26,29)(H,27,28)/b21-17-. The predicted molar refractivity (Wildman–Crippen MR) is 121 cm³/mol. The summed E-state index contributed by atoms with van der Waals surface area (Å²) in [5.74, 6) is 1.04. The van der Waals surface area contributed by atoms with Crippen LogP contribution < -0.4 is 20.1 Å². The van der Waals surface area contributed by atoms with E-state index in [0.29, 0.717) is 35.8 Å². The molecule has 1 heterocycles. The fourth-order valence-corrected chi connectivity index (χ4v) is 3.08. The Morgan fingerprint density at radius 1 is 0.969 bits per heavy atom. The number of ether oxygens (including phenoxy) is 2. The van der Waals surface area contributed by atoms with Crippen LogP contribution in [0.3, 0.4) is 0 Å². The summed E-state index contributed by atoms with van der Waals surface area (Å²) in [5, 5.41) is 5.53. The Kier molecular flexibility index (Phi) is 8.09. The predicted octanol–water partition coefficient (Wildman–Crippen LogP) is 3.82. The number of furan rings is 1. The molecule has 0 saturated carbocycles. The average Bonchev–Trinajstić information content (AvgIpc) is 3.34. The molecular weight excluding hydrogens is 408 g/mol. The third-order valence-corrected chi connectivity index (χ3v) is 4.73. The molecule has 0 bridgehead atoms. The van der Waals surface area contributed by atoms with Crippen LogP contribution in [0.15, 0.2) is 77.0 Å². The lowest BCUT2D eigenvalue weighted by Crippen LogP contribution is -2.35. The number of rotatable bonds is 10. The van der Waals surface area contributed by atoms with Gasteiger partial charge >= 0.3 is 0 Å². The van der Waals surface area contributed by atoms with Gasteiger partial charge in [-0.25, -0.2) is 0 Å². The van der Waals surface area contributed by atoms with Gasteiger partial charge in [-0.3, -0.25) is 9.59 Å². The Balaban J connectivity index is 1.60. The highest BCUT2D eigenvalue weighted by Gasteiger charge is 2.15. The maximum atomic E-state index is 12.8. The molecule has 3 aromatic rings. The minimum Gasteiger partial charge on any atom is -0.493 e. The van der Waals surface area contributed by atoms with Crippen molar-refractivity contribution in [1.82, 2.24) is 10.6 Å². The van der Waals surface area contributed by atoms with Crippen LogP contribution in [0, 0.1) is 0 Å². The highest BCUT2D eigenvalue weighted by Crippen LogP contribution is 2.27. The van der Waals surface area contributed by atoms with E-state index >= 15 is 0 Å². The van der Waals surface area contributed by atoms with Crippen molar-refractivity contribution in [2.24, 2.45) is 0 Å². The fraction of sp³-hybridized carbons (Fsp3) is 0.200. The zero-order valence-electron chi connectivity index (χ0n) is 18.1. The van der Waals surface area contributed by atoms with Crippen LogP contribution in [0.2, 0.25) is 0 Å². The molecule has 0 aliphatic heterocycles. The quantitative estimate of drug-likeness (QED) is 0.374. The second kappa shape index (κ2) is 11.4. The summed E-state index contributed by atoms with van der Waals surface area (Å²) in [6.45, 7) is 0.434. The molecule has 32 heavy (non-hydrogen) atoms. The Labute approximate surface area is 187 Å². The minimum atomic E-state index is -0.391. The lowest BCUT2D eigenvalue weighted by molar-refractivity contribution is -0.117. The van der Waals surface area contributed by atoms with E-state index in [1.807, 2.05) is 24.3 Å². The van der Waals surface area contributed by atoms with Crippen molar-refractivity contribution >= 4 is 17.9 Å². The SMILES string of the molecule is COc1ccc(CCCNC(=O)/C(=C/c2ccco2)NC(=O)c2ccccc2)cc1OC. The van der Waals surface area contributed by atoms with Gasteiger partial charge in [0, 0.05) is 18.2 Å². The Morgan fingerprint density at radius 2 is 1.75 bits per heavy atom. The molecule has 2 N–H and O–H groups in total. The van der Waals surface area contributed by atoms with Crippen LogP contribution in [0.25, 0.3) is 6.08 Å². The van der Waals surface area contributed by atoms with Crippen molar-refractivity contribution < 1.29 is 23.5 Å². The molecule has 3 rings (SSSR count). The molecular formula is C25H26N2O5. The minimum absolute atomic E-state index is 0.111. The zero-order valence-corrected chi connectivity index (χ0v) is 18.1. The van der Waals surface area contributed by atoms with Crippen LogP contribution in [-0.2, 0) is 11.2 Å². The van der Waals surface area contributed by atoms with Gasteiger partial charge in [-0.05, 0) is 54.8 Å². The number of carbonyl (C=O) groups excluding carboxylic acids is 2. The van der Waals surface area contributed by atoms with Gasteiger partial charge < -0.3 is 24.5 Å². The van der Waals surface area contributed by atoms with E-state index in [1.165, 1.54) is 12.3 Å².